The van der Waals surface area contributed by atoms with Crippen LogP contribution < -0.4 is 4.18 Å². The summed E-state index contributed by atoms with van der Waals surface area (Å²) in [6, 6.07) is 4.46. The smallest absolute Gasteiger partial charge is 0.393 e. The zero-order valence-electron chi connectivity index (χ0n) is 17.9. The Bertz CT molecular complexity index is 881. The molecule has 0 radical (unpaired) electrons. The summed E-state index contributed by atoms with van der Waals surface area (Å²) in [6.45, 7) is 3.18. The lowest BCUT2D eigenvalue weighted by Crippen LogP contribution is -2.41. The standard InChI is InChI=1S/C18H23F3O4S.C3H5F3/c1-2-17-9-8-14(22)11-13(17)5-3-4-12-10-15(6-7-16(12)17)25-26(23,24)18(19,20)21;1-2-3(4,5)6/h6-7,10,13-14,22H,2-5,8-9,11H2,1H3;2H2,1H3. The van der Waals surface area contributed by atoms with Gasteiger partial charge in [0.25, 0.3) is 0 Å². The lowest BCUT2D eigenvalue weighted by atomic mass is 9.59. The Morgan fingerprint density at radius 2 is 1.75 bits per heavy atom. The first-order valence-electron chi connectivity index (χ1n) is 10.5. The van der Waals surface area contributed by atoms with Gasteiger partial charge in [0, 0.05) is 6.42 Å². The summed E-state index contributed by atoms with van der Waals surface area (Å²) in [4.78, 5) is 0. The van der Waals surface area contributed by atoms with E-state index in [1.54, 1.807) is 6.07 Å². The molecular weight excluding hydrogens is 462 g/mol. The van der Waals surface area contributed by atoms with E-state index in [1.807, 2.05) is 0 Å². The molecule has 1 aromatic carbocycles. The topological polar surface area (TPSA) is 63.6 Å². The third-order valence-electron chi connectivity index (χ3n) is 6.39. The van der Waals surface area contributed by atoms with Gasteiger partial charge in [-0.1, -0.05) is 19.9 Å². The molecule has 0 aliphatic heterocycles. The van der Waals surface area contributed by atoms with Crippen molar-refractivity contribution in [2.24, 2.45) is 5.92 Å². The predicted molar refractivity (Wildman–Crippen MR) is 107 cm³/mol. The first kappa shape index (κ1) is 26.8. The van der Waals surface area contributed by atoms with E-state index in [4.69, 9.17) is 0 Å². The summed E-state index contributed by atoms with van der Waals surface area (Å²) in [5, 5.41) is 10.1. The highest BCUT2D eigenvalue weighted by molar-refractivity contribution is 7.88. The third kappa shape index (κ3) is 6.09. The zero-order chi connectivity index (χ0) is 24.4. The van der Waals surface area contributed by atoms with Gasteiger partial charge in [0.1, 0.15) is 5.75 Å². The van der Waals surface area contributed by atoms with Crippen LogP contribution in [0.5, 0.6) is 5.75 Å². The van der Waals surface area contributed by atoms with E-state index in [9.17, 15) is 39.9 Å². The Morgan fingerprint density at radius 3 is 2.28 bits per heavy atom. The highest BCUT2D eigenvalue weighted by Crippen LogP contribution is 2.51. The highest BCUT2D eigenvalue weighted by atomic mass is 32.2. The van der Waals surface area contributed by atoms with Crippen LogP contribution in [0.1, 0.15) is 69.9 Å². The lowest BCUT2D eigenvalue weighted by Gasteiger charge is -2.46. The average molecular weight is 491 g/mol. The van der Waals surface area contributed by atoms with Crippen LogP contribution in [-0.4, -0.2) is 31.3 Å². The van der Waals surface area contributed by atoms with E-state index in [0.717, 1.165) is 50.2 Å². The van der Waals surface area contributed by atoms with E-state index < -0.39 is 28.2 Å². The van der Waals surface area contributed by atoms with Gasteiger partial charge in [-0.25, -0.2) is 0 Å². The Kier molecular flexibility index (Phi) is 8.18. The molecule has 0 amide bonds. The van der Waals surface area contributed by atoms with E-state index in [-0.39, 0.29) is 17.3 Å². The molecular formula is C21H28F6O4S. The molecule has 3 rings (SSSR count). The fraction of sp³-hybridized carbons (Fsp3) is 0.714. The van der Waals surface area contributed by atoms with E-state index >= 15 is 0 Å². The number of benzene rings is 1. The minimum atomic E-state index is -5.67. The largest absolute Gasteiger partial charge is 0.534 e. The van der Waals surface area contributed by atoms with Crippen molar-refractivity contribution >= 4 is 10.1 Å². The fourth-order valence-electron chi connectivity index (χ4n) is 4.73. The van der Waals surface area contributed by atoms with E-state index in [2.05, 4.69) is 11.1 Å². The minimum Gasteiger partial charge on any atom is -0.393 e. The van der Waals surface area contributed by atoms with Gasteiger partial charge in [-0.05, 0) is 79.5 Å². The summed E-state index contributed by atoms with van der Waals surface area (Å²) in [6.07, 6.45) is 0.583. The van der Waals surface area contributed by atoms with Crippen LogP contribution in [0.2, 0.25) is 0 Å². The number of alkyl halides is 6. The molecule has 184 valence electrons. The normalized spacial score (nSPS) is 26.2. The van der Waals surface area contributed by atoms with Crippen LogP contribution in [0.3, 0.4) is 0 Å². The Labute approximate surface area is 184 Å². The molecule has 4 nitrogen and oxygen atoms in total. The molecule has 1 aromatic rings. The van der Waals surface area contributed by atoms with Crippen LogP contribution in [-0.2, 0) is 22.0 Å². The van der Waals surface area contributed by atoms with Gasteiger partial charge in [0.2, 0.25) is 0 Å². The van der Waals surface area contributed by atoms with Crippen molar-refractivity contribution in [3.63, 3.8) is 0 Å². The fourth-order valence-corrected chi connectivity index (χ4v) is 5.18. The predicted octanol–water partition coefficient (Wildman–Crippen LogP) is 6.02. The summed E-state index contributed by atoms with van der Waals surface area (Å²) >= 11 is 0. The van der Waals surface area contributed by atoms with Crippen LogP contribution >= 0.6 is 0 Å². The summed E-state index contributed by atoms with van der Waals surface area (Å²) in [5.41, 5.74) is -3.66. The second-order valence-corrected chi connectivity index (χ2v) is 9.84. The van der Waals surface area contributed by atoms with Gasteiger partial charge < -0.3 is 9.29 Å². The molecule has 32 heavy (non-hydrogen) atoms. The molecule has 0 heterocycles. The van der Waals surface area contributed by atoms with Crippen molar-refractivity contribution < 1.29 is 44.0 Å². The molecule has 0 bridgehead atoms. The molecule has 1 N–H and O–H groups in total. The van der Waals surface area contributed by atoms with Gasteiger partial charge in [-0.3, -0.25) is 0 Å². The van der Waals surface area contributed by atoms with Crippen LogP contribution in [0.15, 0.2) is 18.2 Å². The number of hydrogen-bond acceptors (Lipinski definition) is 4. The number of aliphatic hydroxyl groups excluding tert-OH is 1. The molecule has 1 saturated carbocycles. The van der Waals surface area contributed by atoms with E-state index in [1.165, 1.54) is 12.1 Å². The Balaban J connectivity index is 0.000000534. The first-order chi connectivity index (χ1) is 14.6. The van der Waals surface area contributed by atoms with Gasteiger partial charge in [0.05, 0.1) is 6.10 Å². The maximum atomic E-state index is 12.6. The Morgan fingerprint density at radius 1 is 1.12 bits per heavy atom. The number of aryl methyl sites for hydroxylation is 1. The van der Waals surface area contributed by atoms with Gasteiger partial charge in [0.15, 0.2) is 0 Å². The molecule has 1 fully saturated rings. The van der Waals surface area contributed by atoms with Crippen molar-refractivity contribution in [1.29, 1.82) is 0 Å². The van der Waals surface area contributed by atoms with Gasteiger partial charge in [-0.2, -0.15) is 34.8 Å². The minimum absolute atomic E-state index is 0.119. The first-order valence-corrected chi connectivity index (χ1v) is 11.9. The number of hydrogen-bond donors (Lipinski definition) is 1. The lowest BCUT2D eigenvalue weighted by molar-refractivity contribution is -0.130. The zero-order valence-corrected chi connectivity index (χ0v) is 18.7. The van der Waals surface area contributed by atoms with Crippen molar-refractivity contribution in [3.05, 3.63) is 29.3 Å². The summed E-state index contributed by atoms with van der Waals surface area (Å²) < 4.78 is 96.9. The SMILES string of the molecule is CCC(F)(F)F.CCC12CCC(O)CC1CCCc1cc(OS(=O)(=O)C(F)(F)F)ccc12. The van der Waals surface area contributed by atoms with Crippen molar-refractivity contribution in [3.8, 4) is 5.75 Å². The van der Waals surface area contributed by atoms with Crippen molar-refractivity contribution in [2.75, 3.05) is 0 Å². The van der Waals surface area contributed by atoms with Crippen LogP contribution in [0.4, 0.5) is 26.3 Å². The van der Waals surface area contributed by atoms with Gasteiger partial charge in [-0.15, -0.1) is 0 Å². The Hall–Kier alpha value is -1.49. The molecule has 3 atom stereocenters. The maximum Gasteiger partial charge on any atom is 0.534 e. The molecule has 0 aromatic heterocycles. The number of aliphatic hydroxyl groups is 1. The summed E-state index contributed by atoms with van der Waals surface area (Å²) in [7, 11) is -5.67. The van der Waals surface area contributed by atoms with Crippen LogP contribution in [0.25, 0.3) is 0 Å². The quantitative estimate of drug-likeness (QED) is 0.320. The molecule has 3 unspecified atom stereocenters. The molecule has 0 saturated heterocycles. The number of rotatable bonds is 3. The summed E-state index contributed by atoms with van der Waals surface area (Å²) in [5.74, 6) is 0.0183. The number of fused-ring (bicyclic) bond motifs is 3. The second kappa shape index (κ2) is 9.79. The molecule has 0 spiro atoms. The van der Waals surface area contributed by atoms with Crippen molar-refractivity contribution in [1.82, 2.24) is 0 Å². The van der Waals surface area contributed by atoms with E-state index in [0.29, 0.717) is 18.8 Å². The third-order valence-corrected chi connectivity index (χ3v) is 7.37. The van der Waals surface area contributed by atoms with Gasteiger partial charge >= 0.3 is 21.8 Å². The highest BCUT2D eigenvalue weighted by Gasteiger charge is 2.49. The molecule has 2 aliphatic carbocycles. The number of halogens is 6. The monoisotopic (exact) mass is 490 g/mol. The average Bonchev–Trinajstić information content (AvgIpc) is 2.83. The molecule has 11 heteroatoms. The second-order valence-electron chi connectivity index (χ2n) is 8.30. The molecule has 2 aliphatic rings. The van der Waals surface area contributed by atoms with Crippen molar-refractivity contribution in [2.45, 2.75) is 88.4 Å². The maximum absolute atomic E-state index is 12.6. The van der Waals surface area contributed by atoms with Crippen LogP contribution in [0, 0.1) is 5.92 Å².